The summed E-state index contributed by atoms with van der Waals surface area (Å²) in [5.41, 5.74) is 0. The molecule has 2 heterocycles. The molecule has 3 rings (SSSR count). The minimum Gasteiger partial charge on any atom is -0.520 e. The van der Waals surface area contributed by atoms with Crippen molar-refractivity contribution in [3.63, 3.8) is 0 Å². The van der Waals surface area contributed by atoms with Gasteiger partial charge in [0.15, 0.2) is 6.29 Å². The predicted molar refractivity (Wildman–Crippen MR) is 90.6 cm³/mol. The Hall–Kier alpha value is -1.46. The van der Waals surface area contributed by atoms with E-state index in [0.717, 1.165) is 50.2 Å². The van der Waals surface area contributed by atoms with Gasteiger partial charge in [0.2, 0.25) is 0 Å². The monoisotopic (exact) mass is 316 g/mol. The van der Waals surface area contributed by atoms with Crippen LogP contribution in [-0.2, 0) is 9.47 Å². The minimum atomic E-state index is -0.295. The topological polar surface area (TPSA) is 36.9 Å². The van der Waals surface area contributed by atoms with Gasteiger partial charge in [-0.15, -0.1) is 0 Å². The van der Waals surface area contributed by atoms with Gasteiger partial charge in [0.1, 0.15) is 11.5 Å². The lowest BCUT2D eigenvalue weighted by Crippen LogP contribution is -2.26. The summed E-state index contributed by atoms with van der Waals surface area (Å²) in [5.74, 6) is 3.61. The molecule has 23 heavy (non-hydrogen) atoms. The first kappa shape index (κ1) is 16.4. The Morgan fingerprint density at radius 3 is 2.74 bits per heavy atom. The Labute approximate surface area is 138 Å². The van der Waals surface area contributed by atoms with E-state index in [1.54, 1.807) is 0 Å². The molecule has 1 aromatic carbocycles. The number of ether oxygens (including phenoxy) is 2. The van der Waals surface area contributed by atoms with Gasteiger partial charge in [0.05, 0.1) is 6.10 Å². The van der Waals surface area contributed by atoms with Crippen molar-refractivity contribution in [3.05, 3.63) is 36.3 Å². The Balaban J connectivity index is 1.29. The fourth-order valence-electron chi connectivity index (χ4n) is 2.87. The van der Waals surface area contributed by atoms with E-state index in [2.05, 4.69) is 13.0 Å². The lowest BCUT2D eigenvalue weighted by atomic mass is 9.90. The highest BCUT2D eigenvalue weighted by Crippen LogP contribution is 2.32. The molecule has 2 aliphatic rings. The molecule has 1 saturated heterocycles. The van der Waals surface area contributed by atoms with Crippen molar-refractivity contribution in [2.45, 2.75) is 57.8 Å². The lowest BCUT2D eigenvalue weighted by molar-refractivity contribution is -0.185. The molecule has 5 heteroatoms. The standard InChI is InChI=1S/C18H25BO4/c1-15(21-18-12-6-8-14-20-18)9-3-2-7-13-19-22-16-10-4-5-11-17(16)23-19/h4-5,7,10-11,13,15,18H,2-3,6,8-9,12,14H2,1H3. The molecule has 1 fully saturated rings. The molecule has 0 radical (unpaired) electrons. The fraction of sp³-hybridized carbons (Fsp3) is 0.556. The second kappa shape index (κ2) is 8.41. The largest absolute Gasteiger partial charge is 0.624 e. The molecule has 0 saturated carbocycles. The van der Waals surface area contributed by atoms with Gasteiger partial charge < -0.3 is 18.8 Å². The zero-order valence-electron chi connectivity index (χ0n) is 13.8. The quantitative estimate of drug-likeness (QED) is 0.559. The summed E-state index contributed by atoms with van der Waals surface area (Å²) in [4.78, 5) is 0. The summed E-state index contributed by atoms with van der Waals surface area (Å²) in [6.45, 7) is 2.96. The Morgan fingerprint density at radius 1 is 1.26 bits per heavy atom. The van der Waals surface area contributed by atoms with Crippen molar-refractivity contribution >= 4 is 7.12 Å². The van der Waals surface area contributed by atoms with Crippen LogP contribution in [-0.4, -0.2) is 26.1 Å². The van der Waals surface area contributed by atoms with E-state index in [1.165, 1.54) is 6.42 Å². The van der Waals surface area contributed by atoms with Crippen LogP contribution in [0.15, 0.2) is 36.3 Å². The average molecular weight is 316 g/mol. The van der Waals surface area contributed by atoms with Crippen LogP contribution in [0.3, 0.4) is 0 Å². The molecular weight excluding hydrogens is 291 g/mol. The van der Waals surface area contributed by atoms with Gasteiger partial charge in [0.25, 0.3) is 0 Å². The second-order valence-corrected chi connectivity index (χ2v) is 6.15. The maximum absolute atomic E-state index is 5.92. The number of benzene rings is 1. The van der Waals surface area contributed by atoms with Crippen LogP contribution in [0.2, 0.25) is 0 Å². The highest BCUT2D eigenvalue weighted by atomic mass is 16.7. The highest BCUT2D eigenvalue weighted by molar-refractivity contribution is 6.53. The number of rotatable bonds is 7. The highest BCUT2D eigenvalue weighted by Gasteiger charge is 2.28. The molecule has 0 aliphatic carbocycles. The van der Waals surface area contributed by atoms with Gasteiger partial charge in [-0.25, -0.2) is 0 Å². The first-order valence-corrected chi connectivity index (χ1v) is 8.67. The fourth-order valence-corrected chi connectivity index (χ4v) is 2.87. The number of allylic oxidation sites excluding steroid dienone is 1. The van der Waals surface area contributed by atoms with Crippen LogP contribution < -0.4 is 9.31 Å². The van der Waals surface area contributed by atoms with E-state index in [-0.39, 0.29) is 19.5 Å². The maximum atomic E-state index is 5.92. The third-order valence-corrected chi connectivity index (χ3v) is 4.13. The van der Waals surface area contributed by atoms with E-state index >= 15 is 0 Å². The second-order valence-electron chi connectivity index (χ2n) is 6.15. The van der Waals surface area contributed by atoms with Crippen molar-refractivity contribution in [3.8, 4) is 11.5 Å². The third kappa shape index (κ3) is 5.01. The van der Waals surface area contributed by atoms with E-state index in [9.17, 15) is 0 Å². The average Bonchev–Trinajstić information content (AvgIpc) is 2.98. The van der Waals surface area contributed by atoms with E-state index < -0.39 is 0 Å². The number of fused-ring (bicyclic) bond motifs is 1. The Morgan fingerprint density at radius 2 is 2.04 bits per heavy atom. The lowest BCUT2D eigenvalue weighted by Gasteiger charge is -2.26. The first-order valence-electron chi connectivity index (χ1n) is 8.67. The van der Waals surface area contributed by atoms with Crippen molar-refractivity contribution in [1.29, 1.82) is 0 Å². The molecule has 2 unspecified atom stereocenters. The third-order valence-electron chi connectivity index (χ3n) is 4.13. The van der Waals surface area contributed by atoms with Crippen LogP contribution in [0.1, 0.15) is 45.4 Å². The van der Waals surface area contributed by atoms with Gasteiger partial charge in [0, 0.05) is 6.61 Å². The number of para-hydroxylation sites is 2. The van der Waals surface area contributed by atoms with Crippen LogP contribution in [0.5, 0.6) is 11.5 Å². The summed E-state index contributed by atoms with van der Waals surface area (Å²) < 4.78 is 22.9. The van der Waals surface area contributed by atoms with Crippen LogP contribution in [0, 0.1) is 0 Å². The van der Waals surface area contributed by atoms with E-state index in [4.69, 9.17) is 18.8 Å². The Bertz CT molecular complexity index is 488. The number of hydrogen-bond acceptors (Lipinski definition) is 4. The molecule has 0 bridgehead atoms. The van der Waals surface area contributed by atoms with Gasteiger partial charge in [-0.05, 0) is 63.6 Å². The molecular formula is C18H25BO4. The maximum Gasteiger partial charge on any atom is 0.624 e. The van der Waals surface area contributed by atoms with Crippen LogP contribution in [0.4, 0.5) is 0 Å². The van der Waals surface area contributed by atoms with Crippen molar-refractivity contribution < 1.29 is 18.8 Å². The molecule has 0 spiro atoms. The molecule has 2 atom stereocenters. The molecule has 124 valence electrons. The van der Waals surface area contributed by atoms with Gasteiger partial charge in [-0.1, -0.05) is 18.2 Å². The Kier molecular flexibility index (Phi) is 6.00. The molecule has 0 amide bonds. The first-order chi connectivity index (χ1) is 11.3. The molecule has 0 N–H and O–H groups in total. The zero-order chi connectivity index (χ0) is 15.9. The number of hydrogen-bond donors (Lipinski definition) is 0. The van der Waals surface area contributed by atoms with Crippen LogP contribution >= 0.6 is 0 Å². The van der Waals surface area contributed by atoms with Crippen molar-refractivity contribution in [2.75, 3.05) is 6.61 Å². The van der Waals surface area contributed by atoms with Crippen molar-refractivity contribution in [1.82, 2.24) is 0 Å². The normalized spacial score (nSPS) is 21.8. The smallest absolute Gasteiger partial charge is 0.520 e. The van der Waals surface area contributed by atoms with Crippen LogP contribution in [0.25, 0.3) is 0 Å². The zero-order valence-corrected chi connectivity index (χ0v) is 13.8. The summed E-state index contributed by atoms with van der Waals surface area (Å²) in [6.07, 6.45) is 8.90. The summed E-state index contributed by atoms with van der Waals surface area (Å²) in [7, 11) is -0.295. The molecule has 0 aromatic heterocycles. The minimum absolute atomic E-state index is 0.00749. The SMILES string of the molecule is CC(CCCC=CB1Oc2ccccc2O1)OC1CCCCO1. The molecule has 1 aromatic rings. The van der Waals surface area contributed by atoms with Gasteiger partial charge in [-0.2, -0.15) is 0 Å². The molecule has 2 aliphatic heterocycles. The van der Waals surface area contributed by atoms with E-state index in [1.807, 2.05) is 30.2 Å². The van der Waals surface area contributed by atoms with Gasteiger partial charge >= 0.3 is 7.12 Å². The number of unbranched alkanes of at least 4 members (excludes halogenated alkanes) is 1. The van der Waals surface area contributed by atoms with Gasteiger partial charge in [-0.3, -0.25) is 0 Å². The molecule has 4 nitrogen and oxygen atoms in total. The summed E-state index contributed by atoms with van der Waals surface area (Å²) >= 11 is 0. The summed E-state index contributed by atoms with van der Waals surface area (Å²) in [5, 5.41) is 0. The van der Waals surface area contributed by atoms with E-state index in [0.29, 0.717) is 0 Å². The van der Waals surface area contributed by atoms with Crippen molar-refractivity contribution in [2.24, 2.45) is 0 Å². The predicted octanol–water partition coefficient (Wildman–Crippen LogP) is 4.14. The summed E-state index contributed by atoms with van der Waals surface area (Å²) in [6, 6.07) is 7.75.